The zero-order chi connectivity index (χ0) is 14.5. The second-order valence-electron chi connectivity index (χ2n) is 3.95. The molecule has 2 aromatic rings. The highest BCUT2D eigenvalue weighted by molar-refractivity contribution is 7.09. The number of nitrogens with zero attached hydrogens (tertiary/aromatic N) is 3. The van der Waals surface area contributed by atoms with Gasteiger partial charge in [0.05, 0.1) is 12.1 Å². The van der Waals surface area contributed by atoms with E-state index in [1.165, 1.54) is 16.7 Å². The topological polar surface area (TPSA) is 97.2 Å². The summed E-state index contributed by atoms with van der Waals surface area (Å²) in [4.78, 5) is 23.1. The first-order valence-corrected chi connectivity index (χ1v) is 6.77. The van der Waals surface area contributed by atoms with Crippen molar-refractivity contribution in [2.24, 2.45) is 0 Å². The van der Waals surface area contributed by atoms with Crippen LogP contribution in [0.1, 0.15) is 21.3 Å². The van der Waals surface area contributed by atoms with Crippen LogP contribution in [0.15, 0.2) is 11.4 Å². The average molecular weight is 294 g/mol. The normalized spacial score (nSPS) is 10.3. The molecule has 0 atom stereocenters. The molecule has 2 rings (SSSR count). The van der Waals surface area contributed by atoms with Gasteiger partial charge in [-0.2, -0.15) is 4.98 Å². The van der Waals surface area contributed by atoms with Gasteiger partial charge in [0.15, 0.2) is 5.69 Å². The summed E-state index contributed by atoms with van der Waals surface area (Å²) in [7, 11) is 1.55. The van der Waals surface area contributed by atoms with Crippen LogP contribution in [-0.4, -0.2) is 39.7 Å². The lowest BCUT2D eigenvalue weighted by Gasteiger charge is -2.06. The Hall–Kier alpha value is -2.22. The van der Waals surface area contributed by atoms with E-state index in [0.717, 1.165) is 5.01 Å². The van der Waals surface area contributed by atoms with Crippen LogP contribution in [0.2, 0.25) is 0 Å². The van der Waals surface area contributed by atoms with Crippen molar-refractivity contribution in [1.82, 2.24) is 15.0 Å². The number of anilines is 1. The number of hydrogen-bond acceptors (Lipinski definition) is 7. The van der Waals surface area contributed by atoms with Crippen molar-refractivity contribution in [1.29, 1.82) is 0 Å². The Morgan fingerprint density at radius 3 is 2.90 bits per heavy atom. The molecule has 2 aromatic heterocycles. The van der Waals surface area contributed by atoms with Crippen molar-refractivity contribution < 1.29 is 14.6 Å². The zero-order valence-corrected chi connectivity index (χ0v) is 11.9. The molecule has 8 heteroatoms. The van der Waals surface area contributed by atoms with Crippen LogP contribution in [0.5, 0.6) is 5.88 Å². The van der Waals surface area contributed by atoms with Gasteiger partial charge in [-0.05, 0) is 6.92 Å². The van der Waals surface area contributed by atoms with Crippen LogP contribution in [0.4, 0.5) is 5.82 Å². The lowest BCUT2D eigenvalue weighted by molar-refractivity contribution is 0.0691. The van der Waals surface area contributed by atoms with Crippen molar-refractivity contribution in [3.63, 3.8) is 0 Å². The molecule has 0 saturated carbocycles. The molecule has 0 radical (unpaired) electrons. The van der Waals surface area contributed by atoms with Crippen LogP contribution in [0, 0.1) is 6.92 Å². The Balaban J connectivity index is 1.92. The van der Waals surface area contributed by atoms with E-state index in [9.17, 15) is 4.79 Å². The zero-order valence-electron chi connectivity index (χ0n) is 11.1. The number of carboxylic acids is 1. The van der Waals surface area contributed by atoms with E-state index in [1.54, 1.807) is 20.1 Å². The molecule has 2 heterocycles. The fourth-order valence-electron chi connectivity index (χ4n) is 1.56. The number of rotatable bonds is 6. The molecule has 20 heavy (non-hydrogen) atoms. The number of carbonyl (C=O) groups is 1. The van der Waals surface area contributed by atoms with E-state index in [0.29, 0.717) is 30.5 Å². The number of methoxy groups -OCH3 is 1. The molecule has 0 saturated heterocycles. The molecule has 0 spiro atoms. The molecule has 0 amide bonds. The van der Waals surface area contributed by atoms with Gasteiger partial charge in [-0.25, -0.2) is 14.8 Å². The van der Waals surface area contributed by atoms with Gasteiger partial charge in [0, 0.05) is 24.4 Å². The number of ether oxygens (including phenoxy) is 1. The van der Waals surface area contributed by atoms with Crippen LogP contribution >= 0.6 is 11.3 Å². The Morgan fingerprint density at radius 2 is 2.25 bits per heavy atom. The van der Waals surface area contributed by atoms with Crippen molar-refractivity contribution in [3.05, 3.63) is 28.0 Å². The predicted molar refractivity (Wildman–Crippen MR) is 74.6 cm³/mol. The quantitative estimate of drug-likeness (QED) is 0.835. The Kier molecular flexibility index (Phi) is 4.46. The lowest BCUT2D eigenvalue weighted by Crippen LogP contribution is -2.08. The second kappa shape index (κ2) is 6.29. The first kappa shape index (κ1) is 14.2. The van der Waals surface area contributed by atoms with Crippen LogP contribution in [-0.2, 0) is 6.42 Å². The third-order valence-corrected chi connectivity index (χ3v) is 3.35. The summed E-state index contributed by atoms with van der Waals surface area (Å²) < 4.78 is 5.06. The van der Waals surface area contributed by atoms with E-state index in [4.69, 9.17) is 9.84 Å². The second-order valence-corrected chi connectivity index (χ2v) is 4.89. The van der Waals surface area contributed by atoms with Gasteiger partial charge in [-0.15, -0.1) is 11.3 Å². The first-order valence-electron chi connectivity index (χ1n) is 5.89. The Bertz CT molecular complexity index is 614. The molecule has 0 bridgehead atoms. The maximum absolute atomic E-state index is 10.7. The van der Waals surface area contributed by atoms with Crippen LogP contribution in [0.3, 0.4) is 0 Å². The number of carboxylic acid groups (broad SMARTS) is 1. The van der Waals surface area contributed by atoms with Gasteiger partial charge in [0.1, 0.15) is 11.6 Å². The van der Waals surface area contributed by atoms with Gasteiger partial charge >= 0.3 is 5.97 Å². The van der Waals surface area contributed by atoms with Crippen molar-refractivity contribution in [2.45, 2.75) is 13.3 Å². The molecule has 0 unspecified atom stereocenters. The summed E-state index contributed by atoms with van der Waals surface area (Å²) in [6, 6.07) is 1.71. The first-order chi connectivity index (χ1) is 9.58. The summed E-state index contributed by atoms with van der Waals surface area (Å²) in [5.41, 5.74) is 0.0875. The third-order valence-electron chi connectivity index (χ3n) is 2.44. The molecule has 0 fully saturated rings. The molecule has 0 aromatic carbocycles. The molecular weight excluding hydrogens is 280 g/mol. The fourth-order valence-corrected chi connectivity index (χ4v) is 2.33. The number of aryl methyl sites for hydroxylation is 1. The van der Waals surface area contributed by atoms with E-state index in [2.05, 4.69) is 20.3 Å². The molecule has 2 N–H and O–H groups in total. The largest absolute Gasteiger partial charge is 0.481 e. The van der Waals surface area contributed by atoms with Crippen LogP contribution in [0.25, 0.3) is 0 Å². The minimum Gasteiger partial charge on any atom is -0.481 e. The molecule has 0 aliphatic heterocycles. The number of aromatic nitrogens is 3. The van der Waals surface area contributed by atoms with Crippen molar-refractivity contribution in [3.8, 4) is 5.88 Å². The molecule has 0 aliphatic rings. The number of hydrogen-bond donors (Lipinski definition) is 2. The highest BCUT2D eigenvalue weighted by atomic mass is 32.1. The molecule has 7 nitrogen and oxygen atoms in total. The van der Waals surface area contributed by atoms with Crippen molar-refractivity contribution in [2.75, 3.05) is 19.0 Å². The summed E-state index contributed by atoms with van der Waals surface area (Å²) in [6.07, 6.45) is 0.628. The van der Waals surface area contributed by atoms with Gasteiger partial charge in [0.2, 0.25) is 5.88 Å². The monoisotopic (exact) mass is 294 g/mol. The fraction of sp³-hybridized carbons (Fsp3) is 0.333. The van der Waals surface area contributed by atoms with Crippen LogP contribution < -0.4 is 10.1 Å². The minimum atomic E-state index is -1.00. The Labute approximate surface area is 119 Å². The standard InChI is InChI=1S/C12H14N4O3S/c1-7-14-9(5-10(15-7)19-2)13-4-3-11-16-8(6-20-11)12(17)18/h5-6H,3-4H2,1-2H3,(H,17,18)(H,13,14,15). The van der Waals surface area contributed by atoms with E-state index >= 15 is 0 Å². The number of nitrogens with one attached hydrogen (secondary N) is 1. The maximum Gasteiger partial charge on any atom is 0.355 e. The summed E-state index contributed by atoms with van der Waals surface area (Å²) >= 11 is 1.33. The number of thiazole rings is 1. The number of aromatic carboxylic acids is 1. The SMILES string of the molecule is COc1cc(NCCc2nc(C(=O)O)cs2)nc(C)n1. The molecule has 106 valence electrons. The van der Waals surface area contributed by atoms with E-state index < -0.39 is 5.97 Å². The van der Waals surface area contributed by atoms with E-state index in [1.807, 2.05) is 0 Å². The smallest absolute Gasteiger partial charge is 0.355 e. The highest BCUT2D eigenvalue weighted by Crippen LogP contribution is 2.14. The average Bonchev–Trinajstić information content (AvgIpc) is 2.87. The van der Waals surface area contributed by atoms with Crippen molar-refractivity contribution >= 4 is 23.1 Å². The summed E-state index contributed by atoms with van der Waals surface area (Å²) in [5, 5.41) is 14.2. The summed E-state index contributed by atoms with van der Waals surface area (Å²) in [6.45, 7) is 2.39. The molecule has 0 aliphatic carbocycles. The van der Waals surface area contributed by atoms with E-state index in [-0.39, 0.29) is 5.69 Å². The van der Waals surface area contributed by atoms with Gasteiger partial charge in [0.25, 0.3) is 0 Å². The predicted octanol–water partition coefficient (Wildman–Crippen LogP) is 1.60. The third kappa shape index (κ3) is 3.64. The molecular formula is C12H14N4O3S. The summed E-state index contributed by atoms with van der Waals surface area (Å²) in [5.74, 6) is 0.789. The van der Waals surface area contributed by atoms with Gasteiger partial charge in [-0.3, -0.25) is 0 Å². The lowest BCUT2D eigenvalue weighted by atomic mass is 10.4. The van der Waals surface area contributed by atoms with Gasteiger partial charge in [-0.1, -0.05) is 0 Å². The highest BCUT2D eigenvalue weighted by Gasteiger charge is 2.08. The minimum absolute atomic E-state index is 0.0875. The maximum atomic E-state index is 10.7. The van der Waals surface area contributed by atoms with Gasteiger partial charge < -0.3 is 15.2 Å². The Morgan fingerprint density at radius 1 is 1.45 bits per heavy atom.